The second kappa shape index (κ2) is 8.70. The number of nitrogens with zero attached hydrogens (tertiary/aromatic N) is 3. The zero-order valence-electron chi connectivity index (χ0n) is 15.9. The van der Waals surface area contributed by atoms with E-state index in [1.165, 1.54) is 5.56 Å². The normalized spacial score (nSPS) is 13.4. The Morgan fingerprint density at radius 2 is 1.93 bits per heavy atom. The number of urea groups is 1. The molecule has 0 fully saturated rings. The number of amides is 3. The van der Waals surface area contributed by atoms with E-state index in [0.717, 1.165) is 12.1 Å². The molecule has 0 spiro atoms. The monoisotopic (exact) mass is 369 g/mol. The van der Waals surface area contributed by atoms with Gasteiger partial charge in [0.25, 0.3) is 5.91 Å². The standard InChI is InChI=1S/C20H27N5O2/c1-15(2)13-22-19(26)18-12-17-14-24(10-11-25(17)23-18)20(27)21-9-8-16-6-4-3-5-7-16/h3-7,12,15H,8-11,13-14H2,1-2H3,(H,21,27)(H,22,26). The van der Waals surface area contributed by atoms with Gasteiger partial charge < -0.3 is 15.5 Å². The van der Waals surface area contributed by atoms with Crippen molar-refractivity contribution >= 4 is 11.9 Å². The van der Waals surface area contributed by atoms with Crippen LogP contribution in [0.25, 0.3) is 0 Å². The van der Waals surface area contributed by atoms with E-state index >= 15 is 0 Å². The van der Waals surface area contributed by atoms with Crippen LogP contribution in [-0.4, -0.2) is 46.3 Å². The number of aromatic nitrogens is 2. The molecule has 0 atom stereocenters. The van der Waals surface area contributed by atoms with Gasteiger partial charge in [-0.3, -0.25) is 9.48 Å². The molecule has 0 saturated heterocycles. The van der Waals surface area contributed by atoms with Gasteiger partial charge in [0.1, 0.15) is 0 Å². The first-order valence-corrected chi connectivity index (χ1v) is 9.44. The van der Waals surface area contributed by atoms with Crippen molar-refractivity contribution in [3.8, 4) is 0 Å². The second-order valence-corrected chi connectivity index (χ2v) is 7.24. The Balaban J connectivity index is 1.51. The first-order valence-electron chi connectivity index (χ1n) is 9.44. The molecule has 3 rings (SSSR count). The lowest BCUT2D eigenvalue weighted by atomic mass is 10.1. The fourth-order valence-corrected chi connectivity index (χ4v) is 3.01. The van der Waals surface area contributed by atoms with Crippen molar-refractivity contribution in [1.29, 1.82) is 0 Å². The molecule has 0 bridgehead atoms. The first-order chi connectivity index (χ1) is 13.0. The number of rotatable bonds is 6. The molecule has 1 aromatic heterocycles. The largest absolute Gasteiger partial charge is 0.350 e. The molecule has 0 unspecified atom stereocenters. The van der Waals surface area contributed by atoms with Gasteiger partial charge in [-0.15, -0.1) is 0 Å². The Kier molecular flexibility index (Phi) is 6.11. The Labute approximate surface area is 159 Å². The minimum absolute atomic E-state index is 0.0795. The summed E-state index contributed by atoms with van der Waals surface area (Å²) in [5.41, 5.74) is 2.50. The van der Waals surface area contributed by atoms with Crippen molar-refractivity contribution in [3.63, 3.8) is 0 Å². The summed E-state index contributed by atoms with van der Waals surface area (Å²) in [5, 5.41) is 10.2. The molecule has 1 aromatic carbocycles. The molecule has 2 heterocycles. The van der Waals surface area contributed by atoms with Crippen LogP contribution in [0.3, 0.4) is 0 Å². The molecular weight excluding hydrogens is 342 g/mol. The van der Waals surface area contributed by atoms with Gasteiger partial charge in [-0.25, -0.2) is 4.79 Å². The van der Waals surface area contributed by atoms with Crippen LogP contribution in [0.2, 0.25) is 0 Å². The molecule has 27 heavy (non-hydrogen) atoms. The predicted octanol–water partition coefficient (Wildman–Crippen LogP) is 2.04. The lowest BCUT2D eigenvalue weighted by molar-refractivity contribution is 0.0943. The molecule has 1 aliphatic heterocycles. The molecular formula is C20H27N5O2. The lowest BCUT2D eigenvalue weighted by Crippen LogP contribution is -2.44. The quantitative estimate of drug-likeness (QED) is 0.818. The van der Waals surface area contributed by atoms with Gasteiger partial charge in [0.15, 0.2) is 5.69 Å². The molecule has 3 amide bonds. The molecule has 0 aliphatic carbocycles. The van der Waals surface area contributed by atoms with E-state index in [4.69, 9.17) is 0 Å². The van der Waals surface area contributed by atoms with Crippen LogP contribution in [0.5, 0.6) is 0 Å². The number of carbonyl (C=O) groups excluding carboxylic acids is 2. The number of benzene rings is 1. The number of hydrogen-bond donors (Lipinski definition) is 2. The highest BCUT2D eigenvalue weighted by atomic mass is 16.2. The van der Waals surface area contributed by atoms with Gasteiger partial charge in [0.2, 0.25) is 0 Å². The summed E-state index contributed by atoms with van der Waals surface area (Å²) in [5.74, 6) is 0.228. The van der Waals surface area contributed by atoms with E-state index in [1.54, 1.807) is 11.0 Å². The summed E-state index contributed by atoms with van der Waals surface area (Å²) >= 11 is 0. The van der Waals surface area contributed by atoms with E-state index in [-0.39, 0.29) is 11.9 Å². The zero-order valence-corrected chi connectivity index (χ0v) is 15.9. The fourth-order valence-electron chi connectivity index (χ4n) is 3.01. The van der Waals surface area contributed by atoms with E-state index in [2.05, 4.69) is 27.9 Å². The van der Waals surface area contributed by atoms with Crippen LogP contribution in [0, 0.1) is 5.92 Å². The van der Waals surface area contributed by atoms with Gasteiger partial charge in [-0.2, -0.15) is 5.10 Å². The minimum Gasteiger partial charge on any atom is -0.350 e. The molecule has 2 N–H and O–H groups in total. The van der Waals surface area contributed by atoms with Crippen molar-refractivity contribution in [2.45, 2.75) is 33.4 Å². The number of nitrogens with one attached hydrogen (secondary N) is 2. The number of carbonyl (C=O) groups is 2. The van der Waals surface area contributed by atoms with Crippen LogP contribution < -0.4 is 10.6 Å². The average molecular weight is 369 g/mol. The highest BCUT2D eigenvalue weighted by molar-refractivity contribution is 5.92. The van der Waals surface area contributed by atoms with E-state index in [1.807, 2.05) is 36.7 Å². The Morgan fingerprint density at radius 3 is 2.67 bits per heavy atom. The highest BCUT2D eigenvalue weighted by Crippen LogP contribution is 2.14. The third-order valence-electron chi connectivity index (χ3n) is 4.52. The first kappa shape index (κ1) is 18.9. The maximum Gasteiger partial charge on any atom is 0.317 e. The SMILES string of the molecule is CC(C)CNC(=O)c1cc2n(n1)CCN(C(=O)NCCc1ccccc1)C2. The van der Waals surface area contributed by atoms with Crippen molar-refractivity contribution in [1.82, 2.24) is 25.3 Å². The summed E-state index contributed by atoms with van der Waals surface area (Å²) in [6.07, 6.45) is 0.804. The lowest BCUT2D eigenvalue weighted by Gasteiger charge is -2.27. The number of hydrogen-bond acceptors (Lipinski definition) is 3. The predicted molar refractivity (Wildman–Crippen MR) is 103 cm³/mol. The average Bonchev–Trinajstić information content (AvgIpc) is 3.10. The molecule has 2 aromatic rings. The van der Waals surface area contributed by atoms with Gasteiger partial charge >= 0.3 is 6.03 Å². The van der Waals surface area contributed by atoms with Crippen LogP contribution in [0.1, 0.15) is 35.6 Å². The van der Waals surface area contributed by atoms with Gasteiger partial charge in [0, 0.05) is 19.6 Å². The van der Waals surface area contributed by atoms with Crippen LogP contribution in [-0.2, 0) is 19.5 Å². The summed E-state index contributed by atoms with van der Waals surface area (Å²) in [4.78, 5) is 26.4. The fraction of sp³-hybridized carbons (Fsp3) is 0.450. The summed E-state index contributed by atoms with van der Waals surface area (Å²) in [6.45, 7) is 6.96. The van der Waals surface area contributed by atoms with Crippen molar-refractivity contribution < 1.29 is 9.59 Å². The molecule has 1 aliphatic rings. The van der Waals surface area contributed by atoms with Crippen molar-refractivity contribution in [2.75, 3.05) is 19.6 Å². The van der Waals surface area contributed by atoms with Crippen molar-refractivity contribution in [2.24, 2.45) is 5.92 Å². The molecule has 0 saturated carbocycles. The van der Waals surface area contributed by atoms with Gasteiger partial charge in [-0.1, -0.05) is 44.2 Å². The zero-order chi connectivity index (χ0) is 19.2. The Morgan fingerprint density at radius 1 is 1.15 bits per heavy atom. The highest BCUT2D eigenvalue weighted by Gasteiger charge is 2.23. The van der Waals surface area contributed by atoms with Gasteiger partial charge in [0.05, 0.1) is 18.8 Å². The molecule has 7 nitrogen and oxygen atoms in total. The minimum atomic E-state index is -0.163. The molecule has 144 valence electrons. The number of fused-ring (bicyclic) bond motifs is 1. The smallest absolute Gasteiger partial charge is 0.317 e. The van der Waals surface area contributed by atoms with E-state index in [9.17, 15) is 9.59 Å². The van der Waals surface area contributed by atoms with Crippen molar-refractivity contribution in [3.05, 3.63) is 53.3 Å². The maximum absolute atomic E-state index is 12.4. The summed E-state index contributed by atoms with van der Waals surface area (Å²) < 4.78 is 1.82. The summed E-state index contributed by atoms with van der Waals surface area (Å²) in [6, 6.07) is 11.8. The van der Waals surface area contributed by atoms with Crippen LogP contribution >= 0.6 is 0 Å². The van der Waals surface area contributed by atoms with E-state index in [0.29, 0.717) is 44.3 Å². The van der Waals surface area contributed by atoms with Crippen LogP contribution in [0.15, 0.2) is 36.4 Å². The molecule has 0 radical (unpaired) electrons. The van der Waals surface area contributed by atoms with Gasteiger partial charge in [-0.05, 0) is 24.0 Å². The second-order valence-electron chi connectivity index (χ2n) is 7.24. The van der Waals surface area contributed by atoms with E-state index < -0.39 is 0 Å². The Hall–Kier alpha value is -2.83. The van der Waals surface area contributed by atoms with Crippen LogP contribution in [0.4, 0.5) is 4.79 Å². The summed E-state index contributed by atoms with van der Waals surface area (Å²) in [7, 11) is 0. The molecule has 7 heteroatoms. The third kappa shape index (κ3) is 5.09. The Bertz CT molecular complexity index is 785. The third-order valence-corrected chi connectivity index (χ3v) is 4.52. The maximum atomic E-state index is 12.4. The topological polar surface area (TPSA) is 79.3 Å².